The van der Waals surface area contributed by atoms with E-state index >= 15 is 0 Å². The van der Waals surface area contributed by atoms with Gasteiger partial charge in [0, 0.05) is 11.6 Å². The summed E-state index contributed by atoms with van der Waals surface area (Å²) in [6, 6.07) is 22.5. The summed E-state index contributed by atoms with van der Waals surface area (Å²) in [7, 11) is 0. The van der Waals surface area contributed by atoms with Crippen molar-refractivity contribution in [1.82, 2.24) is 9.97 Å². The highest BCUT2D eigenvalue weighted by Gasteiger charge is 2.10. The van der Waals surface area contributed by atoms with Gasteiger partial charge in [0.2, 0.25) is 0 Å². The van der Waals surface area contributed by atoms with Crippen LogP contribution in [0, 0.1) is 0 Å². The van der Waals surface area contributed by atoms with Gasteiger partial charge in [-0.1, -0.05) is 54.6 Å². The minimum atomic E-state index is 0.180. The second kappa shape index (κ2) is 6.13. The zero-order valence-electron chi connectivity index (χ0n) is 13.1. The van der Waals surface area contributed by atoms with Gasteiger partial charge in [-0.2, -0.15) is 0 Å². The van der Waals surface area contributed by atoms with E-state index in [0.29, 0.717) is 5.52 Å². The number of phenolic OH excluding ortho intramolecular Hbond substituents is 1. The molecule has 0 fully saturated rings. The van der Waals surface area contributed by atoms with Crippen LogP contribution in [-0.2, 0) is 6.42 Å². The maximum absolute atomic E-state index is 10.3. The van der Waals surface area contributed by atoms with E-state index in [9.17, 15) is 5.11 Å². The van der Waals surface area contributed by atoms with Crippen molar-refractivity contribution in [1.29, 1.82) is 0 Å². The Hall–Kier alpha value is -3.20. The number of phenols is 1. The molecule has 0 saturated heterocycles. The van der Waals surface area contributed by atoms with E-state index in [-0.39, 0.29) is 5.75 Å². The van der Waals surface area contributed by atoms with Crippen molar-refractivity contribution in [3.63, 3.8) is 0 Å². The van der Waals surface area contributed by atoms with Crippen LogP contribution in [-0.4, -0.2) is 15.1 Å². The normalized spacial score (nSPS) is 10.8. The second-order valence-electron chi connectivity index (χ2n) is 5.78. The van der Waals surface area contributed by atoms with Crippen LogP contribution in [0.1, 0.15) is 11.1 Å². The molecule has 0 radical (unpaired) electrons. The molecule has 0 aliphatic rings. The van der Waals surface area contributed by atoms with Gasteiger partial charge in [-0.05, 0) is 40.8 Å². The van der Waals surface area contributed by atoms with Crippen molar-refractivity contribution in [2.45, 2.75) is 6.42 Å². The molecule has 1 aromatic heterocycles. The highest BCUT2D eigenvalue weighted by atomic mass is 16.3. The average Bonchev–Trinajstić information content (AvgIpc) is 2.63. The summed E-state index contributed by atoms with van der Waals surface area (Å²) >= 11 is 0. The van der Waals surface area contributed by atoms with Crippen LogP contribution >= 0.6 is 0 Å². The van der Waals surface area contributed by atoms with E-state index in [2.05, 4.69) is 46.4 Å². The first kappa shape index (κ1) is 14.4. The van der Waals surface area contributed by atoms with Crippen molar-refractivity contribution in [2.75, 3.05) is 0 Å². The van der Waals surface area contributed by atoms with Gasteiger partial charge in [-0.3, -0.25) is 0 Å². The van der Waals surface area contributed by atoms with Gasteiger partial charge in [0.25, 0.3) is 0 Å². The highest BCUT2D eigenvalue weighted by molar-refractivity contribution is 5.89. The van der Waals surface area contributed by atoms with Crippen LogP contribution in [0.3, 0.4) is 0 Å². The predicted molar refractivity (Wildman–Crippen MR) is 95.9 cm³/mol. The van der Waals surface area contributed by atoms with Crippen LogP contribution in [0.2, 0.25) is 0 Å². The van der Waals surface area contributed by atoms with Crippen LogP contribution in [0.4, 0.5) is 0 Å². The monoisotopic (exact) mass is 312 g/mol. The number of rotatable bonds is 3. The van der Waals surface area contributed by atoms with E-state index in [1.165, 1.54) is 17.5 Å². The molecular weight excluding hydrogens is 296 g/mol. The van der Waals surface area contributed by atoms with E-state index in [1.54, 1.807) is 12.3 Å². The Bertz CT molecular complexity index is 997. The Morgan fingerprint density at radius 2 is 1.67 bits per heavy atom. The molecule has 0 atom stereocenters. The Morgan fingerprint density at radius 1 is 0.875 bits per heavy atom. The standard InChI is InChI=1S/C21H16N2O/c24-20-12-17(11-18-13-22-14-23-21(18)20)19-9-5-4-8-16(19)10-15-6-2-1-3-7-15/h1-9,11-14,24H,10H2. The molecule has 1 N–H and O–H groups in total. The average molecular weight is 312 g/mol. The molecule has 0 spiro atoms. The first-order valence-electron chi connectivity index (χ1n) is 7.86. The van der Waals surface area contributed by atoms with Crippen LogP contribution < -0.4 is 0 Å². The Morgan fingerprint density at radius 3 is 2.54 bits per heavy atom. The molecule has 116 valence electrons. The van der Waals surface area contributed by atoms with Crippen molar-refractivity contribution in [3.05, 3.63) is 90.4 Å². The van der Waals surface area contributed by atoms with Gasteiger partial charge >= 0.3 is 0 Å². The van der Waals surface area contributed by atoms with E-state index in [0.717, 1.165) is 22.9 Å². The molecule has 1 heterocycles. The van der Waals surface area contributed by atoms with Gasteiger partial charge < -0.3 is 5.11 Å². The molecule has 4 rings (SSSR count). The largest absolute Gasteiger partial charge is 0.506 e. The summed E-state index contributed by atoms with van der Waals surface area (Å²) < 4.78 is 0. The van der Waals surface area contributed by atoms with Crippen LogP contribution in [0.15, 0.2) is 79.3 Å². The van der Waals surface area contributed by atoms with Gasteiger partial charge in [0.1, 0.15) is 17.6 Å². The fraction of sp³-hybridized carbons (Fsp3) is 0.0476. The smallest absolute Gasteiger partial charge is 0.142 e. The van der Waals surface area contributed by atoms with Crippen molar-refractivity contribution in [3.8, 4) is 16.9 Å². The lowest BCUT2D eigenvalue weighted by Crippen LogP contribution is -1.92. The summed E-state index contributed by atoms with van der Waals surface area (Å²) in [5.41, 5.74) is 5.15. The molecular formula is C21H16N2O. The van der Waals surface area contributed by atoms with Crippen molar-refractivity contribution < 1.29 is 5.11 Å². The number of hydrogen-bond acceptors (Lipinski definition) is 3. The third-order valence-electron chi connectivity index (χ3n) is 4.15. The van der Waals surface area contributed by atoms with Crippen LogP contribution in [0.5, 0.6) is 5.75 Å². The first-order chi connectivity index (χ1) is 11.8. The van der Waals surface area contributed by atoms with Gasteiger partial charge in [-0.25, -0.2) is 9.97 Å². The summed E-state index contributed by atoms with van der Waals surface area (Å²) in [6.07, 6.45) is 4.03. The van der Waals surface area contributed by atoms with Gasteiger partial charge in [0.05, 0.1) is 0 Å². The number of aromatic nitrogens is 2. The third kappa shape index (κ3) is 2.72. The summed E-state index contributed by atoms with van der Waals surface area (Å²) in [6.45, 7) is 0. The Kier molecular flexibility index (Phi) is 3.67. The number of fused-ring (bicyclic) bond motifs is 1. The van der Waals surface area contributed by atoms with Crippen molar-refractivity contribution >= 4 is 10.9 Å². The second-order valence-corrected chi connectivity index (χ2v) is 5.78. The molecule has 3 nitrogen and oxygen atoms in total. The number of nitrogens with zero attached hydrogens (tertiary/aromatic N) is 2. The molecule has 0 amide bonds. The van der Waals surface area contributed by atoms with Crippen molar-refractivity contribution in [2.24, 2.45) is 0 Å². The maximum Gasteiger partial charge on any atom is 0.142 e. The number of benzene rings is 3. The van der Waals surface area contributed by atoms with Crippen LogP contribution in [0.25, 0.3) is 22.0 Å². The first-order valence-corrected chi connectivity index (χ1v) is 7.86. The molecule has 0 unspecified atom stereocenters. The van der Waals surface area contributed by atoms with E-state index < -0.39 is 0 Å². The summed E-state index contributed by atoms with van der Waals surface area (Å²) in [4.78, 5) is 8.20. The topological polar surface area (TPSA) is 46.0 Å². The van der Waals surface area contributed by atoms with E-state index in [1.807, 2.05) is 24.3 Å². The molecule has 0 bridgehead atoms. The van der Waals surface area contributed by atoms with Gasteiger partial charge in [-0.15, -0.1) is 0 Å². The van der Waals surface area contributed by atoms with E-state index in [4.69, 9.17) is 0 Å². The zero-order chi connectivity index (χ0) is 16.4. The SMILES string of the molecule is Oc1cc(-c2ccccc2Cc2ccccc2)cc2cncnc12. The fourth-order valence-electron chi connectivity index (χ4n) is 3.01. The maximum atomic E-state index is 10.3. The molecule has 0 aliphatic carbocycles. The lowest BCUT2D eigenvalue weighted by molar-refractivity contribution is 0.480. The summed E-state index contributed by atoms with van der Waals surface area (Å²) in [5.74, 6) is 0.180. The molecule has 3 heteroatoms. The summed E-state index contributed by atoms with van der Waals surface area (Å²) in [5, 5.41) is 11.1. The molecule has 0 aliphatic heterocycles. The molecule has 24 heavy (non-hydrogen) atoms. The minimum Gasteiger partial charge on any atom is -0.506 e. The Balaban J connectivity index is 1.82. The predicted octanol–water partition coefficient (Wildman–Crippen LogP) is 4.59. The Labute approximate surface area is 140 Å². The minimum absolute atomic E-state index is 0.180. The highest BCUT2D eigenvalue weighted by Crippen LogP contribution is 2.32. The van der Waals surface area contributed by atoms with Gasteiger partial charge in [0.15, 0.2) is 0 Å². The zero-order valence-corrected chi connectivity index (χ0v) is 13.1. The molecule has 4 aromatic rings. The molecule has 0 saturated carbocycles. The lowest BCUT2D eigenvalue weighted by atomic mass is 9.94. The lowest BCUT2D eigenvalue weighted by Gasteiger charge is -2.11. The quantitative estimate of drug-likeness (QED) is 0.601. The fourth-order valence-corrected chi connectivity index (χ4v) is 3.01. The number of hydrogen-bond donors (Lipinski definition) is 1. The third-order valence-corrected chi connectivity index (χ3v) is 4.15. The number of aromatic hydroxyl groups is 1. The molecule has 3 aromatic carbocycles.